The highest BCUT2D eigenvalue weighted by Gasteiger charge is 2.04. The molecule has 0 radical (unpaired) electrons. The molecule has 1 heterocycles. The zero-order valence-corrected chi connectivity index (χ0v) is 12.1. The summed E-state index contributed by atoms with van der Waals surface area (Å²) >= 11 is 3.44. The van der Waals surface area contributed by atoms with Crippen LogP contribution in [0, 0.1) is 6.92 Å². The van der Waals surface area contributed by atoms with Crippen molar-refractivity contribution in [3.8, 4) is 0 Å². The third-order valence-corrected chi connectivity index (χ3v) is 3.32. The van der Waals surface area contributed by atoms with Crippen LogP contribution in [0.1, 0.15) is 11.1 Å². The Hall–Kier alpha value is -1.88. The molecule has 5 heteroatoms. The Bertz CT molecular complexity index is 569. The van der Waals surface area contributed by atoms with Gasteiger partial charge >= 0.3 is 6.03 Å². The van der Waals surface area contributed by atoms with Gasteiger partial charge in [-0.1, -0.05) is 40.2 Å². The predicted octanol–water partition coefficient (Wildman–Crippen LogP) is 3.47. The molecule has 0 atom stereocenters. The number of nitrogens with one attached hydrogen (secondary N) is 2. The van der Waals surface area contributed by atoms with Crippen LogP contribution in [0.5, 0.6) is 0 Å². The molecule has 2 rings (SSSR count). The van der Waals surface area contributed by atoms with E-state index in [9.17, 15) is 4.79 Å². The van der Waals surface area contributed by atoms with Crippen LogP contribution in [0.3, 0.4) is 0 Å². The van der Waals surface area contributed by atoms with Gasteiger partial charge in [0.1, 0.15) is 5.82 Å². The lowest BCUT2D eigenvalue weighted by Crippen LogP contribution is -2.28. The van der Waals surface area contributed by atoms with E-state index in [4.69, 9.17) is 0 Å². The van der Waals surface area contributed by atoms with E-state index < -0.39 is 0 Å². The van der Waals surface area contributed by atoms with Gasteiger partial charge in [0.2, 0.25) is 0 Å². The monoisotopic (exact) mass is 319 g/mol. The number of carbonyl (C=O) groups excluding carboxylic acids is 1. The molecule has 1 aromatic carbocycles. The quantitative estimate of drug-likeness (QED) is 0.910. The molecule has 0 fully saturated rings. The maximum atomic E-state index is 11.7. The number of anilines is 1. The molecule has 0 aliphatic rings. The van der Waals surface area contributed by atoms with Gasteiger partial charge in [-0.05, 0) is 30.2 Å². The second-order valence-electron chi connectivity index (χ2n) is 4.12. The van der Waals surface area contributed by atoms with Crippen LogP contribution in [0.4, 0.5) is 10.6 Å². The maximum Gasteiger partial charge on any atom is 0.320 e. The molecular weight excluding hydrogens is 306 g/mol. The summed E-state index contributed by atoms with van der Waals surface area (Å²) < 4.78 is 0.976. The Labute approximate surface area is 120 Å². The van der Waals surface area contributed by atoms with Crippen molar-refractivity contribution in [1.29, 1.82) is 0 Å². The zero-order chi connectivity index (χ0) is 13.7. The highest BCUT2D eigenvalue weighted by molar-refractivity contribution is 9.10. The molecule has 0 aliphatic heterocycles. The van der Waals surface area contributed by atoms with E-state index in [1.165, 1.54) is 0 Å². The molecule has 19 heavy (non-hydrogen) atoms. The normalized spacial score (nSPS) is 10.0. The fourth-order valence-electron chi connectivity index (χ4n) is 1.52. The number of rotatable bonds is 3. The van der Waals surface area contributed by atoms with Crippen LogP contribution in [-0.4, -0.2) is 11.0 Å². The average molecular weight is 320 g/mol. The molecule has 4 nitrogen and oxygen atoms in total. The number of aromatic nitrogens is 1. The van der Waals surface area contributed by atoms with Crippen molar-refractivity contribution >= 4 is 27.8 Å². The Morgan fingerprint density at radius 3 is 2.74 bits per heavy atom. The minimum Gasteiger partial charge on any atom is -0.334 e. The third kappa shape index (κ3) is 4.06. The lowest BCUT2D eigenvalue weighted by molar-refractivity contribution is 0.251. The summed E-state index contributed by atoms with van der Waals surface area (Å²) in [6.45, 7) is 2.41. The van der Waals surface area contributed by atoms with E-state index in [0.717, 1.165) is 15.6 Å². The molecule has 0 spiro atoms. The first-order valence-corrected chi connectivity index (χ1v) is 6.65. The molecule has 0 unspecified atom stereocenters. The molecule has 98 valence electrons. The minimum atomic E-state index is -0.271. The molecule has 1 aromatic heterocycles. The van der Waals surface area contributed by atoms with Gasteiger partial charge in [0.25, 0.3) is 0 Å². The summed E-state index contributed by atoms with van der Waals surface area (Å²) in [6.07, 6.45) is 1.71. The number of pyridine rings is 1. The summed E-state index contributed by atoms with van der Waals surface area (Å²) in [7, 11) is 0. The van der Waals surface area contributed by atoms with Crippen molar-refractivity contribution in [2.75, 3.05) is 5.32 Å². The zero-order valence-electron chi connectivity index (χ0n) is 10.5. The summed E-state index contributed by atoms with van der Waals surface area (Å²) in [5.74, 6) is 0.537. The van der Waals surface area contributed by atoms with Crippen molar-refractivity contribution in [3.05, 3.63) is 58.2 Å². The SMILES string of the molecule is Cc1ccc(NC(=O)NCc2ccccc2Br)nc1. The van der Waals surface area contributed by atoms with Crippen molar-refractivity contribution in [1.82, 2.24) is 10.3 Å². The van der Waals surface area contributed by atoms with Crippen LogP contribution in [-0.2, 0) is 6.54 Å². The Morgan fingerprint density at radius 1 is 1.26 bits per heavy atom. The largest absolute Gasteiger partial charge is 0.334 e. The van der Waals surface area contributed by atoms with Crippen molar-refractivity contribution in [2.24, 2.45) is 0 Å². The molecule has 0 saturated carbocycles. The van der Waals surface area contributed by atoms with E-state index in [1.54, 1.807) is 12.3 Å². The molecule has 2 amide bonds. The number of urea groups is 1. The smallest absolute Gasteiger partial charge is 0.320 e. The van der Waals surface area contributed by atoms with Gasteiger partial charge in [-0.3, -0.25) is 5.32 Å². The van der Waals surface area contributed by atoms with Gasteiger partial charge in [0, 0.05) is 17.2 Å². The molecule has 0 bridgehead atoms. The number of carbonyl (C=O) groups is 1. The predicted molar refractivity (Wildman–Crippen MR) is 79.0 cm³/mol. The van der Waals surface area contributed by atoms with Gasteiger partial charge in [-0.25, -0.2) is 9.78 Å². The summed E-state index contributed by atoms with van der Waals surface area (Å²) in [5.41, 5.74) is 2.08. The Morgan fingerprint density at radius 2 is 2.05 bits per heavy atom. The number of benzene rings is 1. The topological polar surface area (TPSA) is 54.0 Å². The second-order valence-corrected chi connectivity index (χ2v) is 4.97. The third-order valence-electron chi connectivity index (χ3n) is 2.55. The Kier molecular flexibility index (Phi) is 4.52. The molecule has 2 N–H and O–H groups in total. The lowest BCUT2D eigenvalue weighted by Gasteiger charge is -2.08. The first-order valence-electron chi connectivity index (χ1n) is 5.86. The van der Waals surface area contributed by atoms with Crippen LogP contribution in [0.2, 0.25) is 0 Å². The maximum absolute atomic E-state index is 11.7. The van der Waals surface area contributed by atoms with Gasteiger partial charge in [0.05, 0.1) is 0 Å². The summed E-state index contributed by atoms with van der Waals surface area (Å²) in [6, 6.07) is 11.2. The number of hydrogen-bond acceptors (Lipinski definition) is 2. The van der Waals surface area contributed by atoms with E-state index in [1.807, 2.05) is 37.3 Å². The summed E-state index contributed by atoms with van der Waals surface area (Å²) in [4.78, 5) is 15.8. The van der Waals surface area contributed by atoms with E-state index in [0.29, 0.717) is 12.4 Å². The number of amides is 2. The van der Waals surface area contributed by atoms with Gasteiger partial charge < -0.3 is 5.32 Å². The molecule has 0 aliphatic carbocycles. The first kappa shape index (κ1) is 13.5. The van der Waals surface area contributed by atoms with Crippen LogP contribution < -0.4 is 10.6 Å². The highest BCUT2D eigenvalue weighted by Crippen LogP contribution is 2.15. The molecule has 2 aromatic rings. The molecular formula is C14H14BrN3O. The number of aryl methyl sites for hydroxylation is 1. The number of nitrogens with zero attached hydrogens (tertiary/aromatic N) is 1. The second kappa shape index (κ2) is 6.33. The van der Waals surface area contributed by atoms with Gasteiger partial charge in [-0.15, -0.1) is 0 Å². The van der Waals surface area contributed by atoms with E-state index in [2.05, 4.69) is 31.5 Å². The summed E-state index contributed by atoms with van der Waals surface area (Å²) in [5, 5.41) is 5.47. The minimum absolute atomic E-state index is 0.271. The van der Waals surface area contributed by atoms with Crippen molar-refractivity contribution < 1.29 is 4.79 Å². The van der Waals surface area contributed by atoms with E-state index in [-0.39, 0.29) is 6.03 Å². The first-order chi connectivity index (χ1) is 9.15. The fourth-order valence-corrected chi connectivity index (χ4v) is 1.94. The average Bonchev–Trinajstić information content (AvgIpc) is 2.40. The fraction of sp³-hybridized carbons (Fsp3) is 0.143. The highest BCUT2D eigenvalue weighted by atomic mass is 79.9. The standard InChI is InChI=1S/C14H14BrN3O/c1-10-6-7-13(16-8-10)18-14(19)17-9-11-4-2-3-5-12(11)15/h2-8H,9H2,1H3,(H2,16,17,18,19). The van der Waals surface area contributed by atoms with E-state index >= 15 is 0 Å². The van der Waals surface area contributed by atoms with Crippen molar-refractivity contribution in [2.45, 2.75) is 13.5 Å². The van der Waals surface area contributed by atoms with Crippen molar-refractivity contribution in [3.63, 3.8) is 0 Å². The van der Waals surface area contributed by atoms with Gasteiger partial charge in [0.15, 0.2) is 0 Å². The Balaban J connectivity index is 1.88. The number of hydrogen-bond donors (Lipinski definition) is 2. The van der Waals surface area contributed by atoms with Crippen LogP contribution in [0.25, 0.3) is 0 Å². The molecule has 0 saturated heterocycles. The van der Waals surface area contributed by atoms with Crippen LogP contribution >= 0.6 is 15.9 Å². The number of halogens is 1. The van der Waals surface area contributed by atoms with Crippen LogP contribution in [0.15, 0.2) is 47.1 Å². The van der Waals surface area contributed by atoms with Gasteiger partial charge in [-0.2, -0.15) is 0 Å². The lowest BCUT2D eigenvalue weighted by atomic mass is 10.2.